The van der Waals surface area contributed by atoms with Crippen molar-refractivity contribution in [2.45, 2.75) is 13.8 Å². The summed E-state index contributed by atoms with van der Waals surface area (Å²) in [5, 5.41) is 8.30. The van der Waals surface area contributed by atoms with E-state index in [1.54, 1.807) is 38.1 Å². The second kappa shape index (κ2) is 7.91. The molecule has 1 aromatic carbocycles. The van der Waals surface area contributed by atoms with Crippen LogP contribution >= 0.6 is 0 Å². The van der Waals surface area contributed by atoms with Crippen LogP contribution in [0, 0.1) is 6.92 Å². The van der Waals surface area contributed by atoms with E-state index >= 15 is 0 Å². The minimum absolute atomic E-state index is 0.145. The van der Waals surface area contributed by atoms with Crippen molar-refractivity contribution in [1.29, 1.82) is 0 Å². The molecule has 2 N–H and O–H groups in total. The van der Waals surface area contributed by atoms with Crippen LogP contribution < -0.4 is 10.6 Å². The van der Waals surface area contributed by atoms with Gasteiger partial charge in [-0.25, -0.2) is 9.59 Å². The van der Waals surface area contributed by atoms with E-state index in [1.165, 1.54) is 0 Å². The van der Waals surface area contributed by atoms with Gasteiger partial charge in [0.05, 0.1) is 0 Å². The summed E-state index contributed by atoms with van der Waals surface area (Å²) < 4.78 is 10.00. The van der Waals surface area contributed by atoms with Gasteiger partial charge in [0.15, 0.2) is 6.61 Å². The van der Waals surface area contributed by atoms with E-state index in [2.05, 4.69) is 10.5 Å². The number of benzene rings is 1. The molecule has 0 atom stereocenters. The van der Waals surface area contributed by atoms with Gasteiger partial charge < -0.3 is 14.6 Å². The summed E-state index contributed by atoms with van der Waals surface area (Å²) in [4.78, 5) is 35.0. The Kier molecular flexibility index (Phi) is 5.67. The van der Waals surface area contributed by atoms with E-state index in [4.69, 9.17) is 9.26 Å². The molecule has 2 aromatic rings. The highest BCUT2D eigenvalue weighted by Gasteiger charge is 2.23. The Bertz CT molecular complexity index is 739. The zero-order chi connectivity index (χ0) is 17.5. The van der Waals surface area contributed by atoms with Crippen LogP contribution in [-0.4, -0.2) is 36.2 Å². The molecule has 0 spiro atoms. The highest BCUT2D eigenvalue weighted by molar-refractivity contribution is 5.99. The molecule has 24 heavy (non-hydrogen) atoms. The number of aryl methyl sites for hydroxylation is 1. The van der Waals surface area contributed by atoms with Gasteiger partial charge in [0.2, 0.25) is 0 Å². The smallest absolute Gasteiger partial charge is 0.344 e. The summed E-state index contributed by atoms with van der Waals surface area (Å²) in [6.45, 7) is 3.07. The van der Waals surface area contributed by atoms with Gasteiger partial charge in [-0.2, -0.15) is 0 Å². The van der Waals surface area contributed by atoms with Crippen molar-refractivity contribution in [2.75, 3.05) is 13.2 Å². The van der Waals surface area contributed by atoms with Crippen molar-refractivity contribution < 1.29 is 23.6 Å². The number of aromatic nitrogens is 1. The number of imide groups is 1. The third-order valence-electron chi connectivity index (χ3n) is 3.04. The van der Waals surface area contributed by atoms with Gasteiger partial charge in [0, 0.05) is 12.1 Å². The van der Waals surface area contributed by atoms with Crippen molar-refractivity contribution in [3.63, 3.8) is 0 Å². The molecule has 0 aliphatic rings. The predicted molar refractivity (Wildman–Crippen MR) is 84.2 cm³/mol. The first kappa shape index (κ1) is 17.2. The van der Waals surface area contributed by atoms with Crippen LogP contribution in [0.5, 0.6) is 0 Å². The topological polar surface area (TPSA) is 111 Å². The Labute approximate surface area is 138 Å². The maximum absolute atomic E-state index is 12.2. The molecular weight excluding hydrogens is 314 g/mol. The predicted octanol–water partition coefficient (Wildman–Crippen LogP) is 1.65. The van der Waals surface area contributed by atoms with Gasteiger partial charge in [-0.1, -0.05) is 35.5 Å². The van der Waals surface area contributed by atoms with Gasteiger partial charge in [0.25, 0.3) is 5.91 Å². The molecule has 0 radical (unpaired) electrons. The van der Waals surface area contributed by atoms with Gasteiger partial charge in [-0.3, -0.25) is 10.1 Å². The van der Waals surface area contributed by atoms with Crippen molar-refractivity contribution in [3.8, 4) is 11.3 Å². The number of hydrogen-bond acceptors (Lipinski definition) is 6. The lowest BCUT2D eigenvalue weighted by molar-refractivity contribution is -0.123. The summed E-state index contributed by atoms with van der Waals surface area (Å²) in [6.07, 6.45) is 0. The molecule has 126 valence electrons. The van der Waals surface area contributed by atoms with Crippen LogP contribution in [0.1, 0.15) is 23.0 Å². The highest BCUT2D eigenvalue weighted by atomic mass is 16.5. The van der Waals surface area contributed by atoms with E-state index in [1.807, 2.05) is 11.4 Å². The second-order valence-electron chi connectivity index (χ2n) is 4.81. The molecule has 1 heterocycles. The fourth-order valence-corrected chi connectivity index (χ4v) is 1.98. The van der Waals surface area contributed by atoms with E-state index in [9.17, 15) is 14.4 Å². The fourth-order valence-electron chi connectivity index (χ4n) is 1.98. The average Bonchev–Trinajstić information content (AvgIpc) is 2.95. The minimum Gasteiger partial charge on any atom is -0.452 e. The van der Waals surface area contributed by atoms with E-state index in [0.717, 1.165) is 0 Å². The zero-order valence-electron chi connectivity index (χ0n) is 13.3. The van der Waals surface area contributed by atoms with Crippen LogP contribution in [0.4, 0.5) is 4.79 Å². The third-order valence-corrected chi connectivity index (χ3v) is 3.04. The van der Waals surface area contributed by atoms with E-state index in [0.29, 0.717) is 17.8 Å². The highest BCUT2D eigenvalue weighted by Crippen LogP contribution is 2.25. The summed E-state index contributed by atoms with van der Waals surface area (Å²) in [7, 11) is 0. The van der Waals surface area contributed by atoms with Crippen LogP contribution in [0.25, 0.3) is 11.3 Å². The van der Waals surface area contributed by atoms with E-state index in [-0.39, 0.29) is 11.3 Å². The fraction of sp³-hybridized carbons (Fsp3) is 0.250. The molecular formula is C16H17N3O5. The van der Waals surface area contributed by atoms with Gasteiger partial charge >= 0.3 is 12.0 Å². The number of esters is 1. The second-order valence-corrected chi connectivity index (χ2v) is 4.81. The van der Waals surface area contributed by atoms with Crippen molar-refractivity contribution in [2.24, 2.45) is 0 Å². The number of carbonyl (C=O) groups excluding carboxylic acids is 3. The van der Waals surface area contributed by atoms with Crippen LogP contribution in [0.2, 0.25) is 0 Å². The molecule has 8 heteroatoms. The molecule has 0 fully saturated rings. The van der Waals surface area contributed by atoms with Crippen molar-refractivity contribution in [3.05, 3.63) is 41.7 Å². The lowest BCUT2D eigenvalue weighted by Gasteiger charge is -2.06. The number of urea groups is 1. The maximum atomic E-state index is 12.2. The van der Waals surface area contributed by atoms with Crippen LogP contribution in [0.3, 0.4) is 0 Å². The average molecular weight is 331 g/mol. The summed E-state index contributed by atoms with van der Waals surface area (Å²) in [5.74, 6) is -1.20. The molecule has 1 aromatic heterocycles. The summed E-state index contributed by atoms with van der Waals surface area (Å²) in [5.41, 5.74) is 1.17. The zero-order valence-corrected chi connectivity index (χ0v) is 13.3. The normalized spacial score (nSPS) is 10.1. The Morgan fingerprint density at radius 1 is 1.21 bits per heavy atom. The van der Waals surface area contributed by atoms with Crippen LogP contribution in [-0.2, 0) is 9.53 Å². The third kappa shape index (κ3) is 4.19. The number of amides is 3. The van der Waals surface area contributed by atoms with Gasteiger partial charge in [0.1, 0.15) is 17.0 Å². The SMILES string of the molecule is CCNC(=O)NC(=O)COC(=O)c1c(-c2ccccc2)noc1C. The standard InChI is InChI=1S/C16H17N3O5/c1-3-17-16(22)18-12(20)9-23-15(21)13-10(2)24-19-14(13)11-7-5-4-6-8-11/h4-8H,3,9H2,1-2H3,(H2,17,18,20,22). The Balaban J connectivity index is 2.04. The Morgan fingerprint density at radius 2 is 1.92 bits per heavy atom. The molecule has 0 unspecified atom stereocenters. The number of nitrogens with one attached hydrogen (secondary N) is 2. The lowest BCUT2D eigenvalue weighted by Crippen LogP contribution is -2.41. The lowest BCUT2D eigenvalue weighted by atomic mass is 10.1. The van der Waals surface area contributed by atoms with Gasteiger partial charge in [-0.05, 0) is 13.8 Å². The molecule has 3 amide bonds. The molecule has 0 aliphatic carbocycles. The minimum atomic E-state index is -0.751. The maximum Gasteiger partial charge on any atom is 0.344 e. The molecule has 0 saturated heterocycles. The van der Waals surface area contributed by atoms with Crippen molar-refractivity contribution in [1.82, 2.24) is 15.8 Å². The number of carbonyl (C=O) groups is 3. The Hall–Kier alpha value is -3.16. The molecule has 2 rings (SSSR count). The summed E-state index contributed by atoms with van der Waals surface area (Å²) in [6, 6.07) is 8.33. The number of hydrogen-bond donors (Lipinski definition) is 2. The Morgan fingerprint density at radius 3 is 2.58 bits per heavy atom. The quantitative estimate of drug-likeness (QED) is 0.806. The van der Waals surface area contributed by atoms with Crippen molar-refractivity contribution >= 4 is 17.9 Å². The first-order valence-corrected chi connectivity index (χ1v) is 7.29. The number of rotatable bonds is 5. The van der Waals surface area contributed by atoms with Gasteiger partial charge in [-0.15, -0.1) is 0 Å². The number of ether oxygens (including phenoxy) is 1. The molecule has 0 bridgehead atoms. The van der Waals surface area contributed by atoms with Crippen LogP contribution in [0.15, 0.2) is 34.9 Å². The summed E-state index contributed by atoms with van der Waals surface area (Å²) >= 11 is 0. The van der Waals surface area contributed by atoms with E-state index < -0.39 is 24.5 Å². The monoisotopic (exact) mass is 331 g/mol. The first-order chi connectivity index (χ1) is 11.5. The molecule has 0 aliphatic heterocycles. The first-order valence-electron chi connectivity index (χ1n) is 7.29. The largest absolute Gasteiger partial charge is 0.452 e. The molecule has 8 nitrogen and oxygen atoms in total. The molecule has 0 saturated carbocycles. The number of nitrogens with zero attached hydrogens (tertiary/aromatic N) is 1.